The molecule has 1 aliphatic rings. The van der Waals surface area contributed by atoms with Crippen molar-refractivity contribution in [3.8, 4) is 0 Å². The number of hydrogen-bond acceptors (Lipinski definition) is 3. The van der Waals surface area contributed by atoms with Gasteiger partial charge in [0.05, 0.1) is 6.54 Å². The monoisotopic (exact) mass is 272 g/mol. The topological polar surface area (TPSA) is 34.0 Å². The minimum atomic E-state index is -0.755. The average Bonchev–Trinajstić information content (AvgIpc) is 3.04. The number of aryl methyl sites for hydroxylation is 1. The van der Waals surface area contributed by atoms with E-state index in [0.29, 0.717) is 25.3 Å². The van der Waals surface area contributed by atoms with E-state index >= 15 is 0 Å². The van der Waals surface area contributed by atoms with Gasteiger partial charge in [-0.25, -0.2) is 9.07 Å². The van der Waals surface area contributed by atoms with Gasteiger partial charge >= 0.3 is 0 Å². The second kappa shape index (κ2) is 5.45. The van der Waals surface area contributed by atoms with Crippen LogP contribution in [0.4, 0.5) is 10.3 Å². The van der Waals surface area contributed by atoms with Crippen LogP contribution in [0, 0.1) is 0 Å². The van der Waals surface area contributed by atoms with Crippen LogP contribution in [0.5, 0.6) is 0 Å². The molecule has 3 rings (SSSR count). The van der Waals surface area contributed by atoms with E-state index in [9.17, 15) is 4.39 Å². The van der Waals surface area contributed by atoms with Gasteiger partial charge in [0.15, 0.2) is 5.82 Å². The molecule has 0 saturated carbocycles. The number of anilines is 1. The predicted molar refractivity (Wildman–Crippen MR) is 78.1 cm³/mol. The molecule has 0 aliphatic carbocycles. The summed E-state index contributed by atoms with van der Waals surface area (Å²) in [4.78, 5) is 6.41. The first-order valence-corrected chi connectivity index (χ1v) is 6.75. The average molecular weight is 272 g/mol. The van der Waals surface area contributed by atoms with Crippen molar-refractivity contribution in [3.63, 3.8) is 0 Å². The molecule has 104 valence electrons. The lowest BCUT2D eigenvalue weighted by Gasteiger charge is -2.14. The van der Waals surface area contributed by atoms with Crippen molar-refractivity contribution >= 4 is 18.1 Å². The van der Waals surface area contributed by atoms with E-state index in [2.05, 4.69) is 10.1 Å². The van der Waals surface area contributed by atoms with Gasteiger partial charge in [0.2, 0.25) is 5.95 Å². The highest BCUT2D eigenvalue weighted by atomic mass is 19.1. The Hall–Kier alpha value is -2.17. The number of rotatable bonds is 3. The Morgan fingerprint density at radius 3 is 2.75 bits per heavy atom. The molecule has 0 spiro atoms. The first kappa shape index (κ1) is 12.8. The van der Waals surface area contributed by atoms with Crippen LogP contribution in [-0.4, -0.2) is 34.0 Å². The van der Waals surface area contributed by atoms with Gasteiger partial charge in [-0.05, 0) is 18.1 Å². The van der Waals surface area contributed by atoms with Crippen LogP contribution in [0.3, 0.4) is 0 Å². The summed E-state index contributed by atoms with van der Waals surface area (Å²) in [6.45, 7) is 1.11. The van der Waals surface area contributed by atoms with E-state index in [1.807, 2.05) is 54.4 Å². The molecule has 5 heteroatoms. The highest BCUT2D eigenvalue weighted by Gasteiger charge is 2.25. The van der Waals surface area contributed by atoms with Crippen LogP contribution in [-0.2, 0) is 7.05 Å². The fraction of sp³-hybridized carbons (Fsp3) is 0.333. The van der Waals surface area contributed by atoms with Gasteiger partial charge in [0, 0.05) is 13.6 Å². The summed E-state index contributed by atoms with van der Waals surface area (Å²) in [5.74, 6) is 1.38. The van der Waals surface area contributed by atoms with Crippen LogP contribution in [0.25, 0.3) is 12.2 Å². The first-order chi connectivity index (χ1) is 9.72. The molecule has 1 aromatic heterocycles. The molecule has 0 N–H and O–H groups in total. The van der Waals surface area contributed by atoms with E-state index < -0.39 is 6.17 Å². The predicted octanol–water partition coefficient (Wildman–Crippen LogP) is 2.53. The Kier molecular flexibility index (Phi) is 3.50. The molecule has 2 heterocycles. The Bertz CT molecular complexity index is 606. The Labute approximate surface area is 117 Å². The highest BCUT2D eigenvalue weighted by molar-refractivity contribution is 5.66. The molecule has 20 heavy (non-hydrogen) atoms. The summed E-state index contributed by atoms with van der Waals surface area (Å²) in [7, 11) is 1.84. The standard InChI is InChI=1S/C15H17FN4/c1-19-15(20-10-9-13(16)11-20)17-14(18-19)8-7-12-5-3-2-4-6-12/h2-8,13H,9-11H2,1H3/b8-7+. The lowest BCUT2D eigenvalue weighted by atomic mass is 10.2. The zero-order valence-corrected chi connectivity index (χ0v) is 11.4. The number of nitrogens with zero attached hydrogens (tertiary/aromatic N) is 4. The van der Waals surface area contributed by atoms with Crippen molar-refractivity contribution in [2.24, 2.45) is 7.05 Å². The molecule has 1 saturated heterocycles. The molecule has 1 unspecified atom stereocenters. The molecule has 2 aromatic rings. The number of benzene rings is 1. The number of halogens is 1. The fourth-order valence-electron chi connectivity index (χ4n) is 2.38. The van der Waals surface area contributed by atoms with Crippen molar-refractivity contribution in [2.45, 2.75) is 12.6 Å². The SMILES string of the molecule is Cn1nc(/C=C/c2ccccc2)nc1N1CCC(F)C1. The zero-order chi connectivity index (χ0) is 13.9. The lowest BCUT2D eigenvalue weighted by Crippen LogP contribution is -2.23. The van der Waals surface area contributed by atoms with Gasteiger partial charge in [-0.3, -0.25) is 0 Å². The third-order valence-electron chi connectivity index (χ3n) is 3.39. The molecule has 1 aliphatic heterocycles. The molecular formula is C15H17FN4. The minimum absolute atomic E-state index is 0.411. The highest BCUT2D eigenvalue weighted by Crippen LogP contribution is 2.20. The van der Waals surface area contributed by atoms with Crippen LogP contribution in [0.15, 0.2) is 30.3 Å². The quantitative estimate of drug-likeness (QED) is 0.861. The summed E-state index contributed by atoms with van der Waals surface area (Å²) in [6, 6.07) is 10.0. The molecule has 0 bridgehead atoms. The van der Waals surface area contributed by atoms with Crippen LogP contribution in [0.2, 0.25) is 0 Å². The first-order valence-electron chi connectivity index (χ1n) is 6.75. The fourth-order valence-corrected chi connectivity index (χ4v) is 2.38. The molecule has 1 aromatic carbocycles. The van der Waals surface area contributed by atoms with Crippen LogP contribution < -0.4 is 4.90 Å². The summed E-state index contributed by atoms with van der Waals surface area (Å²) >= 11 is 0. The number of hydrogen-bond donors (Lipinski definition) is 0. The van der Waals surface area contributed by atoms with Crippen molar-refractivity contribution < 1.29 is 4.39 Å². The third-order valence-corrected chi connectivity index (χ3v) is 3.39. The normalized spacial score (nSPS) is 19.1. The van der Waals surface area contributed by atoms with Gasteiger partial charge < -0.3 is 4.90 Å². The lowest BCUT2D eigenvalue weighted by molar-refractivity contribution is 0.364. The summed E-state index contributed by atoms with van der Waals surface area (Å²) in [5.41, 5.74) is 1.10. The van der Waals surface area contributed by atoms with Gasteiger partial charge in [0.25, 0.3) is 0 Å². The zero-order valence-electron chi connectivity index (χ0n) is 11.4. The maximum Gasteiger partial charge on any atom is 0.224 e. The van der Waals surface area contributed by atoms with Crippen LogP contribution in [0.1, 0.15) is 17.8 Å². The van der Waals surface area contributed by atoms with Crippen molar-refractivity contribution in [1.82, 2.24) is 14.8 Å². The minimum Gasteiger partial charge on any atom is -0.338 e. The third kappa shape index (κ3) is 2.71. The number of aromatic nitrogens is 3. The summed E-state index contributed by atoms with van der Waals surface area (Å²) in [6.07, 6.45) is 3.67. The van der Waals surface area contributed by atoms with Gasteiger partial charge in [0.1, 0.15) is 6.17 Å². The maximum absolute atomic E-state index is 13.3. The van der Waals surface area contributed by atoms with Crippen molar-refractivity contribution in [1.29, 1.82) is 0 Å². The molecule has 4 nitrogen and oxygen atoms in total. The summed E-state index contributed by atoms with van der Waals surface area (Å²) in [5, 5.41) is 4.35. The Morgan fingerprint density at radius 2 is 2.05 bits per heavy atom. The van der Waals surface area contributed by atoms with E-state index in [-0.39, 0.29) is 0 Å². The molecular weight excluding hydrogens is 255 g/mol. The summed E-state index contributed by atoms with van der Waals surface area (Å²) < 4.78 is 15.0. The molecule has 0 amide bonds. The molecule has 1 atom stereocenters. The number of alkyl halides is 1. The van der Waals surface area contributed by atoms with Gasteiger partial charge in [-0.15, -0.1) is 0 Å². The van der Waals surface area contributed by atoms with E-state index in [0.717, 1.165) is 11.5 Å². The van der Waals surface area contributed by atoms with Crippen molar-refractivity contribution in [3.05, 3.63) is 41.7 Å². The second-order valence-corrected chi connectivity index (χ2v) is 4.97. The maximum atomic E-state index is 13.3. The van der Waals surface area contributed by atoms with Gasteiger partial charge in [-0.2, -0.15) is 10.1 Å². The molecule has 1 fully saturated rings. The van der Waals surface area contributed by atoms with E-state index in [1.54, 1.807) is 4.68 Å². The molecule has 0 radical (unpaired) electrons. The Morgan fingerprint density at radius 1 is 1.25 bits per heavy atom. The van der Waals surface area contributed by atoms with Gasteiger partial charge in [-0.1, -0.05) is 36.4 Å². The van der Waals surface area contributed by atoms with Crippen molar-refractivity contribution in [2.75, 3.05) is 18.0 Å². The van der Waals surface area contributed by atoms with Crippen LogP contribution >= 0.6 is 0 Å². The smallest absolute Gasteiger partial charge is 0.224 e. The van der Waals surface area contributed by atoms with E-state index in [4.69, 9.17) is 0 Å². The Balaban J connectivity index is 1.77. The largest absolute Gasteiger partial charge is 0.338 e. The second-order valence-electron chi connectivity index (χ2n) is 4.97. The van der Waals surface area contributed by atoms with E-state index in [1.165, 1.54) is 0 Å².